The van der Waals surface area contributed by atoms with E-state index in [1.54, 1.807) is 6.08 Å². The van der Waals surface area contributed by atoms with Crippen LogP contribution in [0, 0.1) is 0 Å². The number of aliphatic hydroxyl groups excluding tert-OH is 3. The summed E-state index contributed by atoms with van der Waals surface area (Å²) in [4.78, 5) is 12.4. The zero-order valence-electron chi connectivity index (χ0n) is 31.9. The Morgan fingerprint density at radius 2 is 0.896 bits per heavy atom. The largest absolute Gasteiger partial charge is 0.394 e. The number of hydrogen-bond donors (Lipinski definition) is 4. The molecule has 0 aliphatic rings. The fraction of sp³-hybridized carbons (Fsp3) is 0.837. The van der Waals surface area contributed by atoms with Gasteiger partial charge in [-0.05, 0) is 44.9 Å². The second kappa shape index (κ2) is 38.4. The van der Waals surface area contributed by atoms with Crippen molar-refractivity contribution in [1.29, 1.82) is 0 Å². The molecule has 5 heteroatoms. The molecule has 0 saturated heterocycles. The minimum Gasteiger partial charge on any atom is -0.394 e. The Hall–Kier alpha value is -1.43. The van der Waals surface area contributed by atoms with E-state index in [1.165, 1.54) is 141 Å². The molecule has 0 aromatic heterocycles. The average molecular weight is 676 g/mol. The lowest BCUT2D eigenvalue weighted by molar-refractivity contribution is -0.124. The molecular weight excluding hydrogens is 594 g/mol. The SMILES string of the molecule is CCCCC/C=C/CC/C=C/CC/C=C/C(O)C(CO)NC(=O)CC(O)CCCCCCCCCCCCCCCCCCCCCC. The summed E-state index contributed by atoms with van der Waals surface area (Å²) >= 11 is 0. The summed E-state index contributed by atoms with van der Waals surface area (Å²) < 4.78 is 0. The predicted octanol–water partition coefficient (Wildman–Crippen LogP) is 11.6. The van der Waals surface area contributed by atoms with Crippen molar-refractivity contribution in [1.82, 2.24) is 5.32 Å². The lowest BCUT2D eigenvalue weighted by Gasteiger charge is -2.21. The van der Waals surface area contributed by atoms with Crippen molar-refractivity contribution < 1.29 is 20.1 Å². The van der Waals surface area contributed by atoms with Gasteiger partial charge in [0.1, 0.15) is 0 Å². The van der Waals surface area contributed by atoms with Gasteiger partial charge in [0, 0.05) is 0 Å². The number of carbonyl (C=O) groups is 1. The van der Waals surface area contributed by atoms with Gasteiger partial charge in [0.05, 0.1) is 31.3 Å². The molecule has 0 heterocycles. The van der Waals surface area contributed by atoms with E-state index in [-0.39, 0.29) is 18.9 Å². The molecular formula is C43H81NO4. The summed E-state index contributed by atoms with van der Waals surface area (Å²) in [5.41, 5.74) is 0. The maximum absolute atomic E-state index is 12.4. The monoisotopic (exact) mass is 676 g/mol. The van der Waals surface area contributed by atoms with Gasteiger partial charge < -0.3 is 20.6 Å². The van der Waals surface area contributed by atoms with Crippen LogP contribution in [0.4, 0.5) is 0 Å². The zero-order chi connectivity index (χ0) is 35.2. The van der Waals surface area contributed by atoms with Crippen LogP contribution < -0.4 is 5.32 Å². The number of allylic oxidation sites excluding steroid dienone is 5. The van der Waals surface area contributed by atoms with Gasteiger partial charge in [0.2, 0.25) is 5.91 Å². The first-order valence-electron chi connectivity index (χ1n) is 20.8. The van der Waals surface area contributed by atoms with E-state index in [2.05, 4.69) is 43.5 Å². The van der Waals surface area contributed by atoms with Gasteiger partial charge in [0.25, 0.3) is 0 Å². The summed E-state index contributed by atoms with van der Waals surface area (Å²) in [5, 5.41) is 33.1. The highest BCUT2D eigenvalue weighted by Crippen LogP contribution is 2.16. The topological polar surface area (TPSA) is 89.8 Å². The van der Waals surface area contributed by atoms with E-state index in [1.807, 2.05) is 6.08 Å². The van der Waals surface area contributed by atoms with Crippen LogP contribution in [0.2, 0.25) is 0 Å². The Kier molecular flexibility index (Phi) is 37.2. The first kappa shape index (κ1) is 46.6. The van der Waals surface area contributed by atoms with Crippen molar-refractivity contribution in [3.8, 4) is 0 Å². The maximum Gasteiger partial charge on any atom is 0.222 e. The van der Waals surface area contributed by atoms with Crippen LogP contribution in [-0.4, -0.2) is 46.1 Å². The van der Waals surface area contributed by atoms with E-state index in [0.717, 1.165) is 38.5 Å². The first-order valence-corrected chi connectivity index (χ1v) is 20.8. The quantitative estimate of drug-likeness (QED) is 0.0390. The fourth-order valence-corrected chi connectivity index (χ4v) is 6.19. The molecule has 1 amide bonds. The average Bonchev–Trinajstić information content (AvgIpc) is 3.08. The highest BCUT2D eigenvalue weighted by Gasteiger charge is 2.20. The third kappa shape index (κ3) is 34.4. The van der Waals surface area contributed by atoms with E-state index in [9.17, 15) is 20.1 Å². The summed E-state index contributed by atoms with van der Waals surface area (Å²) in [6.07, 6.45) is 47.1. The van der Waals surface area contributed by atoms with Gasteiger partial charge in [-0.3, -0.25) is 4.79 Å². The third-order valence-electron chi connectivity index (χ3n) is 9.41. The molecule has 5 nitrogen and oxygen atoms in total. The van der Waals surface area contributed by atoms with Crippen LogP contribution in [0.25, 0.3) is 0 Å². The molecule has 0 radical (unpaired) electrons. The van der Waals surface area contributed by atoms with Gasteiger partial charge in [-0.25, -0.2) is 0 Å². The van der Waals surface area contributed by atoms with Gasteiger partial charge in [-0.15, -0.1) is 0 Å². The molecule has 0 spiro atoms. The minimum absolute atomic E-state index is 0.00474. The lowest BCUT2D eigenvalue weighted by atomic mass is 10.0. The molecule has 3 atom stereocenters. The van der Waals surface area contributed by atoms with Gasteiger partial charge in [0.15, 0.2) is 0 Å². The van der Waals surface area contributed by atoms with Crippen molar-refractivity contribution >= 4 is 5.91 Å². The molecule has 0 saturated carbocycles. The van der Waals surface area contributed by atoms with Gasteiger partial charge in [-0.1, -0.05) is 192 Å². The van der Waals surface area contributed by atoms with Crippen molar-refractivity contribution in [2.24, 2.45) is 0 Å². The zero-order valence-corrected chi connectivity index (χ0v) is 31.9. The Bertz CT molecular complexity index is 749. The van der Waals surface area contributed by atoms with Crippen LogP contribution in [0.5, 0.6) is 0 Å². The molecule has 0 aliphatic carbocycles. The molecule has 3 unspecified atom stereocenters. The molecule has 0 rings (SSSR count). The van der Waals surface area contributed by atoms with Crippen molar-refractivity contribution in [3.63, 3.8) is 0 Å². The summed E-state index contributed by atoms with van der Waals surface area (Å²) in [5.74, 6) is -0.329. The first-order chi connectivity index (χ1) is 23.5. The molecule has 0 aromatic carbocycles. The van der Waals surface area contributed by atoms with E-state index < -0.39 is 18.2 Å². The minimum atomic E-state index is -0.956. The summed E-state index contributed by atoms with van der Waals surface area (Å²) in [6, 6.07) is -0.764. The number of carbonyl (C=O) groups excluding carboxylic acids is 1. The fourth-order valence-electron chi connectivity index (χ4n) is 6.19. The summed E-state index contributed by atoms with van der Waals surface area (Å²) in [6.45, 7) is 4.16. The van der Waals surface area contributed by atoms with Crippen LogP contribution in [-0.2, 0) is 4.79 Å². The van der Waals surface area contributed by atoms with Crippen molar-refractivity contribution in [2.45, 2.75) is 225 Å². The Morgan fingerprint density at radius 1 is 0.521 bits per heavy atom. The van der Waals surface area contributed by atoms with E-state index in [4.69, 9.17) is 0 Å². The second-order valence-electron chi connectivity index (χ2n) is 14.2. The number of amides is 1. The molecule has 0 aliphatic heterocycles. The third-order valence-corrected chi connectivity index (χ3v) is 9.41. The highest BCUT2D eigenvalue weighted by atomic mass is 16.3. The van der Waals surface area contributed by atoms with Gasteiger partial charge in [-0.2, -0.15) is 0 Å². The molecule has 48 heavy (non-hydrogen) atoms. The molecule has 282 valence electrons. The van der Waals surface area contributed by atoms with Gasteiger partial charge >= 0.3 is 0 Å². The standard InChI is InChI=1S/C43H81NO4/c1-3-5-7-9-11-13-15-17-18-19-20-21-22-23-25-26-28-30-32-34-36-40(46)38-43(48)44-41(39-45)42(47)37-35-33-31-29-27-24-16-14-12-10-8-6-4-2/h12,14,27,29,35,37,40-42,45-47H,3-11,13,15-26,28,30-34,36,38-39H2,1-2H3,(H,44,48)/b14-12+,29-27+,37-35+. The van der Waals surface area contributed by atoms with Crippen LogP contribution in [0.15, 0.2) is 36.5 Å². The van der Waals surface area contributed by atoms with Crippen LogP contribution in [0.3, 0.4) is 0 Å². The molecule has 0 bridgehead atoms. The molecule has 4 N–H and O–H groups in total. The Balaban J connectivity index is 3.68. The highest BCUT2D eigenvalue weighted by molar-refractivity contribution is 5.76. The number of nitrogens with one attached hydrogen (secondary N) is 1. The maximum atomic E-state index is 12.4. The van der Waals surface area contributed by atoms with Crippen molar-refractivity contribution in [3.05, 3.63) is 36.5 Å². The van der Waals surface area contributed by atoms with Crippen molar-refractivity contribution in [2.75, 3.05) is 6.61 Å². The number of unbranched alkanes of at least 4 members (excludes halogenated alkanes) is 24. The van der Waals surface area contributed by atoms with E-state index in [0.29, 0.717) is 6.42 Å². The normalized spacial score (nSPS) is 14.0. The lowest BCUT2D eigenvalue weighted by Crippen LogP contribution is -2.45. The number of rotatable bonds is 37. The molecule has 0 aromatic rings. The predicted molar refractivity (Wildman–Crippen MR) is 208 cm³/mol. The Labute approximate surface area is 298 Å². The smallest absolute Gasteiger partial charge is 0.222 e. The summed E-state index contributed by atoms with van der Waals surface area (Å²) in [7, 11) is 0. The Morgan fingerprint density at radius 3 is 1.33 bits per heavy atom. The number of aliphatic hydroxyl groups is 3. The second-order valence-corrected chi connectivity index (χ2v) is 14.2. The van der Waals surface area contributed by atoms with Crippen LogP contribution in [0.1, 0.15) is 206 Å². The van der Waals surface area contributed by atoms with E-state index >= 15 is 0 Å². The number of hydrogen-bond acceptors (Lipinski definition) is 4. The molecule has 0 fully saturated rings. The van der Waals surface area contributed by atoms with Crippen LogP contribution >= 0.6 is 0 Å².